The van der Waals surface area contributed by atoms with Crippen LogP contribution in [0, 0.1) is 5.82 Å². The zero-order chi connectivity index (χ0) is 21.7. The lowest BCUT2D eigenvalue weighted by Gasteiger charge is -2.22. The van der Waals surface area contributed by atoms with Gasteiger partial charge in [0.25, 0.3) is 0 Å². The Morgan fingerprint density at radius 1 is 1.13 bits per heavy atom. The van der Waals surface area contributed by atoms with Crippen molar-refractivity contribution in [2.75, 3.05) is 0 Å². The third kappa shape index (κ3) is 3.40. The second kappa shape index (κ2) is 6.92. The fraction of sp³-hybridized carbons (Fsp3) is 0.318. The van der Waals surface area contributed by atoms with Gasteiger partial charge in [-0.25, -0.2) is 9.38 Å². The highest BCUT2D eigenvalue weighted by molar-refractivity contribution is 8.15. The predicted octanol–water partition coefficient (Wildman–Crippen LogP) is 2.61. The molecule has 2 aromatic rings. The van der Waals surface area contributed by atoms with E-state index in [2.05, 4.69) is 10.3 Å². The summed E-state index contributed by atoms with van der Waals surface area (Å²) in [5.41, 5.74) is 12.5. The first-order valence-corrected chi connectivity index (χ1v) is 10.4. The van der Waals surface area contributed by atoms with Gasteiger partial charge in [-0.2, -0.15) is 0 Å². The van der Waals surface area contributed by atoms with Crippen LogP contribution in [0.5, 0.6) is 0 Å². The number of nitrogens with one attached hydrogen (secondary N) is 1. The molecule has 2 aromatic carbocycles. The molecule has 30 heavy (non-hydrogen) atoms. The topological polar surface area (TPSA) is 111 Å². The number of nitrogens with zero attached hydrogens (tertiary/aromatic N) is 1. The van der Waals surface area contributed by atoms with Crippen molar-refractivity contribution in [2.45, 2.75) is 42.5 Å². The molecule has 2 aliphatic rings. The number of carbonyl (C=O) groups excluding carboxylic acids is 2. The second-order valence-electron chi connectivity index (χ2n) is 8.18. The number of rotatable bonds is 5. The van der Waals surface area contributed by atoms with E-state index in [0.29, 0.717) is 10.7 Å². The van der Waals surface area contributed by atoms with Crippen molar-refractivity contribution in [3.8, 4) is 0 Å². The van der Waals surface area contributed by atoms with E-state index in [1.165, 1.54) is 23.9 Å². The van der Waals surface area contributed by atoms with Crippen molar-refractivity contribution in [2.24, 2.45) is 16.5 Å². The highest BCUT2D eigenvalue weighted by Crippen LogP contribution is 2.49. The molecule has 156 valence electrons. The number of benzene rings is 2. The van der Waals surface area contributed by atoms with E-state index in [1.807, 2.05) is 31.2 Å². The molecule has 1 heterocycles. The summed E-state index contributed by atoms with van der Waals surface area (Å²) >= 11 is 1.28. The lowest BCUT2D eigenvalue weighted by atomic mass is 9.91. The molecule has 1 saturated carbocycles. The lowest BCUT2D eigenvalue weighted by Crippen LogP contribution is -2.35. The fourth-order valence-corrected chi connectivity index (χ4v) is 4.86. The molecule has 2 fully saturated rings. The van der Waals surface area contributed by atoms with Gasteiger partial charge in [0.1, 0.15) is 16.2 Å². The molecule has 0 bridgehead atoms. The van der Waals surface area contributed by atoms with Crippen LogP contribution in [-0.2, 0) is 25.4 Å². The van der Waals surface area contributed by atoms with Gasteiger partial charge in [-0.3, -0.25) is 9.59 Å². The Kier molecular flexibility index (Phi) is 4.74. The summed E-state index contributed by atoms with van der Waals surface area (Å²) in [5, 5.41) is 3.20. The van der Waals surface area contributed by atoms with Gasteiger partial charge < -0.3 is 16.8 Å². The normalized spacial score (nSPS) is 25.6. The van der Waals surface area contributed by atoms with Crippen LogP contribution in [0.4, 0.5) is 4.39 Å². The molecule has 1 aliphatic heterocycles. The molecule has 0 spiro atoms. The minimum absolute atomic E-state index is 0.204. The monoisotopic (exact) mass is 426 g/mol. The lowest BCUT2D eigenvalue weighted by molar-refractivity contribution is -0.121. The van der Waals surface area contributed by atoms with Crippen molar-refractivity contribution >= 4 is 28.7 Å². The molecule has 8 heteroatoms. The Morgan fingerprint density at radius 2 is 1.70 bits per heavy atom. The Hall–Kier alpha value is -2.71. The first kappa shape index (κ1) is 20.6. The molecular weight excluding hydrogens is 403 g/mol. The molecule has 1 aliphatic carbocycles. The van der Waals surface area contributed by atoms with Crippen LogP contribution in [0.25, 0.3) is 0 Å². The highest BCUT2D eigenvalue weighted by Gasteiger charge is 2.50. The van der Waals surface area contributed by atoms with Gasteiger partial charge in [0.2, 0.25) is 11.8 Å². The molecule has 2 amide bonds. The van der Waals surface area contributed by atoms with Crippen LogP contribution in [0.15, 0.2) is 53.5 Å². The molecule has 0 aromatic heterocycles. The van der Waals surface area contributed by atoms with Crippen LogP contribution in [0.1, 0.15) is 43.4 Å². The van der Waals surface area contributed by atoms with Crippen molar-refractivity contribution < 1.29 is 14.0 Å². The largest absolute Gasteiger partial charge is 0.369 e. The molecule has 2 atom stereocenters. The number of primary amides is 1. The number of carbonyl (C=O) groups is 2. The number of hydrogen-bond donors (Lipinski definition) is 3. The van der Waals surface area contributed by atoms with Crippen molar-refractivity contribution in [1.29, 1.82) is 0 Å². The van der Waals surface area contributed by atoms with E-state index < -0.39 is 15.8 Å². The maximum absolute atomic E-state index is 13.2. The molecule has 6 nitrogen and oxygen atoms in total. The van der Waals surface area contributed by atoms with Gasteiger partial charge in [-0.1, -0.05) is 48.2 Å². The number of amidine groups is 1. The number of amides is 2. The number of thioether (sulfide) groups is 1. The summed E-state index contributed by atoms with van der Waals surface area (Å²) in [6.45, 7) is 3.51. The number of nitrogens with two attached hydrogens (primary N) is 2. The van der Waals surface area contributed by atoms with Crippen LogP contribution in [0.3, 0.4) is 0 Å². The van der Waals surface area contributed by atoms with Crippen LogP contribution in [-0.4, -0.2) is 17.0 Å². The standard InChI is InChI=1S/C22H23FN4O2S/c1-20(13-3-5-15(6-4-13)22(11-12-22)17(24)28)18(29)26-19(30-20)27-21(2,25)14-7-9-16(23)10-8-14/h3-10H,11-12,25H2,1-2H3,(H2,24,28)(H,26,27,29)/t20?,21-/m0/s1. The molecule has 0 radical (unpaired) electrons. The first-order valence-electron chi connectivity index (χ1n) is 9.63. The zero-order valence-electron chi connectivity index (χ0n) is 16.7. The zero-order valence-corrected chi connectivity index (χ0v) is 17.6. The molecule has 1 saturated heterocycles. The van der Waals surface area contributed by atoms with Crippen LogP contribution >= 0.6 is 11.8 Å². The van der Waals surface area contributed by atoms with E-state index in [4.69, 9.17) is 11.5 Å². The van der Waals surface area contributed by atoms with Gasteiger partial charge in [-0.05, 0) is 55.5 Å². The third-order valence-corrected chi connectivity index (χ3v) is 7.14. The summed E-state index contributed by atoms with van der Waals surface area (Å²) in [6, 6.07) is 13.2. The van der Waals surface area contributed by atoms with Gasteiger partial charge in [0, 0.05) is 0 Å². The summed E-state index contributed by atoms with van der Waals surface area (Å²) in [4.78, 5) is 29.1. The number of halogens is 1. The average molecular weight is 427 g/mol. The van der Waals surface area contributed by atoms with Gasteiger partial charge in [0.05, 0.1) is 5.41 Å². The third-order valence-electron chi connectivity index (χ3n) is 5.93. The number of aliphatic imine (C=N–C) groups is 1. The van der Waals surface area contributed by atoms with Crippen molar-refractivity contribution in [1.82, 2.24) is 5.32 Å². The fourth-order valence-electron chi connectivity index (χ4n) is 3.69. The highest BCUT2D eigenvalue weighted by atomic mass is 32.2. The minimum atomic E-state index is -1.13. The van der Waals surface area contributed by atoms with Crippen molar-refractivity contribution in [3.05, 3.63) is 71.0 Å². The van der Waals surface area contributed by atoms with E-state index in [9.17, 15) is 14.0 Å². The van der Waals surface area contributed by atoms with Gasteiger partial charge in [-0.15, -0.1) is 0 Å². The molecule has 1 unspecified atom stereocenters. The summed E-state index contributed by atoms with van der Waals surface area (Å²) in [5.74, 6) is -0.872. The van der Waals surface area contributed by atoms with E-state index >= 15 is 0 Å². The Balaban J connectivity index is 1.58. The van der Waals surface area contributed by atoms with Crippen LogP contribution < -0.4 is 16.8 Å². The molecule has 5 N–H and O–H groups in total. The van der Waals surface area contributed by atoms with E-state index in [-0.39, 0.29) is 17.6 Å². The summed E-state index contributed by atoms with van der Waals surface area (Å²) in [6.07, 6.45) is 1.51. The average Bonchev–Trinajstić information content (AvgIpc) is 3.45. The molecule has 4 rings (SSSR count). The quantitative estimate of drug-likeness (QED) is 0.682. The summed E-state index contributed by atoms with van der Waals surface area (Å²) < 4.78 is 12.3. The number of hydrogen-bond acceptors (Lipinski definition) is 5. The first-order chi connectivity index (χ1) is 14.1. The van der Waals surface area contributed by atoms with E-state index in [1.54, 1.807) is 19.1 Å². The molecular formula is C22H23FN4O2S. The Morgan fingerprint density at radius 3 is 2.23 bits per heavy atom. The minimum Gasteiger partial charge on any atom is -0.369 e. The maximum atomic E-state index is 13.2. The SMILES string of the molecule is CC1(c2ccc(C3(C(N)=O)CC3)cc2)S/C(=N/[C@](C)(N)c2ccc(F)cc2)NC1=O. The van der Waals surface area contributed by atoms with Crippen molar-refractivity contribution in [3.63, 3.8) is 0 Å². The van der Waals surface area contributed by atoms with Gasteiger partial charge >= 0.3 is 0 Å². The summed E-state index contributed by atoms with van der Waals surface area (Å²) in [7, 11) is 0. The smallest absolute Gasteiger partial charge is 0.246 e. The maximum Gasteiger partial charge on any atom is 0.246 e. The van der Waals surface area contributed by atoms with E-state index in [0.717, 1.165) is 24.0 Å². The van der Waals surface area contributed by atoms with Gasteiger partial charge in [0.15, 0.2) is 5.17 Å². The Bertz CT molecular complexity index is 1050. The second-order valence-corrected chi connectivity index (χ2v) is 9.59. The van der Waals surface area contributed by atoms with Crippen LogP contribution in [0.2, 0.25) is 0 Å². The Labute approximate surface area is 178 Å². The predicted molar refractivity (Wildman–Crippen MR) is 115 cm³/mol.